The molecule has 3 nitrogen and oxygen atoms in total. The number of rotatable bonds is 4. The van der Waals surface area contributed by atoms with Crippen molar-refractivity contribution in [3.8, 4) is 11.3 Å². The Hall–Kier alpha value is -2.95. The molecule has 0 N–H and O–H groups in total. The van der Waals surface area contributed by atoms with Crippen LogP contribution in [0.1, 0.15) is 47.6 Å². The van der Waals surface area contributed by atoms with Gasteiger partial charge in [0.1, 0.15) is 0 Å². The van der Waals surface area contributed by atoms with Crippen molar-refractivity contribution < 1.29 is 0 Å². The molecule has 2 heterocycles. The summed E-state index contributed by atoms with van der Waals surface area (Å²) in [6, 6.07) is 25.6. The normalized spacial score (nSPS) is 17.7. The SMILES string of the molecule is Clc1ccc(-c2csc(N3N=C(c4ccc5c(c4)CCCC5)CC3c3ccccc3)n2)cc1. The summed E-state index contributed by atoms with van der Waals surface area (Å²) in [7, 11) is 0. The molecule has 1 aliphatic carbocycles. The van der Waals surface area contributed by atoms with E-state index in [1.54, 1.807) is 11.3 Å². The number of nitrogens with zero attached hydrogens (tertiary/aromatic N) is 3. The average molecular weight is 470 g/mol. The van der Waals surface area contributed by atoms with Crippen molar-refractivity contribution in [2.75, 3.05) is 5.01 Å². The lowest BCUT2D eigenvalue weighted by Gasteiger charge is -2.21. The van der Waals surface area contributed by atoms with Gasteiger partial charge in [0.05, 0.1) is 17.4 Å². The van der Waals surface area contributed by atoms with Crippen molar-refractivity contribution in [2.24, 2.45) is 5.10 Å². The van der Waals surface area contributed by atoms with E-state index in [1.165, 1.54) is 47.9 Å². The molecule has 5 heteroatoms. The fourth-order valence-corrected chi connectivity index (χ4v) is 5.79. The van der Waals surface area contributed by atoms with Gasteiger partial charge in [-0.3, -0.25) is 0 Å². The molecule has 0 spiro atoms. The zero-order valence-corrected chi connectivity index (χ0v) is 19.8. The van der Waals surface area contributed by atoms with E-state index in [0.29, 0.717) is 0 Å². The lowest BCUT2D eigenvalue weighted by Crippen LogP contribution is -2.18. The molecule has 0 radical (unpaired) electrons. The third kappa shape index (κ3) is 4.09. The average Bonchev–Trinajstić information content (AvgIpc) is 3.53. The minimum absolute atomic E-state index is 0.140. The predicted molar refractivity (Wildman–Crippen MR) is 138 cm³/mol. The quantitative estimate of drug-likeness (QED) is 0.306. The summed E-state index contributed by atoms with van der Waals surface area (Å²) < 4.78 is 0. The highest BCUT2D eigenvalue weighted by molar-refractivity contribution is 7.14. The van der Waals surface area contributed by atoms with Crippen LogP contribution >= 0.6 is 22.9 Å². The highest BCUT2D eigenvalue weighted by atomic mass is 35.5. The first-order valence-corrected chi connectivity index (χ1v) is 12.8. The monoisotopic (exact) mass is 469 g/mol. The molecule has 3 aromatic carbocycles. The highest BCUT2D eigenvalue weighted by Gasteiger charge is 2.32. The zero-order chi connectivity index (χ0) is 22.2. The Balaban J connectivity index is 1.37. The van der Waals surface area contributed by atoms with Gasteiger partial charge in [0.25, 0.3) is 0 Å². The first-order valence-electron chi connectivity index (χ1n) is 11.5. The van der Waals surface area contributed by atoms with Gasteiger partial charge in [-0.1, -0.05) is 66.2 Å². The topological polar surface area (TPSA) is 28.5 Å². The maximum atomic E-state index is 6.07. The van der Waals surface area contributed by atoms with E-state index in [4.69, 9.17) is 21.7 Å². The summed E-state index contributed by atoms with van der Waals surface area (Å²) >= 11 is 7.71. The number of hydrogen-bond donors (Lipinski definition) is 0. The van der Waals surface area contributed by atoms with Crippen LogP contribution in [0, 0.1) is 0 Å². The second-order valence-corrected chi connectivity index (χ2v) is 10.0. The Morgan fingerprint density at radius 3 is 2.42 bits per heavy atom. The Kier molecular flexibility index (Phi) is 5.49. The van der Waals surface area contributed by atoms with Crippen molar-refractivity contribution in [3.05, 3.63) is 105 Å². The largest absolute Gasteiger partial charge is 0.231 e. The lowest BCUT2D eigenvalue weighted by molar-refractivity contribution is 0.685. The smallest absolute Gasteiger partial charge is 0.207 e. The first kappa shape index (κ1) is 20.6. The van der Waals surface area contributed by atoms with Crippen molar-refractivity contribution in [1.29, 1.82) is 0 Å². The fourth-order valence-electron chi connectivity index (χ4n) is 4.83. The predicted octanol–water partition coefficient (Wildman–Crippen LogP) is 7.70. The van der Waals surface area contributed by atoms with Gasteiger partial charge >= 0.3 is 0 Å². The van der Waals surface area contributed by atoms with Gasteiger partial charge in [0.2, 0.25) is 5.13 Å². The molecule has 33 heavy (non-hydrogen) atoms. The second-order valence-electron chi connectivity index (χ2n) is 8.73. The van der Waals surface area contributed by atoms with E-state index >= 15 is 0 Å². The molecule has 6 rings (SSSR count). The van der Waals surface area contributed by atoms with Crippen LogP contribution in [-0.2, 0) is 12.8 Å². The number of anilines is 1. The van der Waals surface area contributed by atoms with Crippen LogP contribution in [0.2, 0.25) is 5.02 Å². The molecule has 2 aliphatic rings. The number of halogens is 1. The van der Waals surface area contributed by atoms with Crippen molar-refractivity contribution in [1.82, 2.24) is 4.98 Å². The summed E-state index contributed by atoms with van der Waals surface area (Å²) in [6.45, 7) is 0. The molecule has 0 fully saturated rings. The molecule has 1 aliphatic heterocycles. The van der Waals surface area contributed by atoms with Gasteiger partial charge in [-0.2, -0.15) is 5.10 Å². The lowest BCUT2D eigenvalue weighted by atomic mass is 9.89. The van der Waals surface area contributed by atoms with E-state index in [0.717, 1.165) is 33.5 Å². The summed E-state index contributed by atoms with van der Waals surface area (Å²) in [5, 5.41) is 11.0. The maximum absolute atomic E-state index is 6.07. The van der Waals surface area contributed by atoms with Crippen LogP contribution in [0.15, 0.2) is 83.3 Å². The van der Waals surface area contributed by atoms with E-state index in [2.05, 4.69) is 58.9 Å². The summed E-state index contributed by atoms with van der Waals surface area (Å²) in [6.07, 6.45) is 5.84. The van der Waals surface area contributed by atoms with Crippen molar-refractivity contribution in [2.45, 2.75) is 38.1 Å². The Morgan fingerprint density at radius 2 is 1.61 bits per heavy atom. The van der Waals surface area contributed by atoms with Gasteiger partial charge in [0, 0.05) is 22.4 Å². The number of hydrazone groups is 1. The maximum Gasteiger partial charge on any atom is 0.207 e. The molecule has 1 atom stereocenters. The molecule has 0 bridgehead atoms. The number of thiazole rings is 1. The molecule has 0 saturated carbocycles. The molecule has 4 aromatic rings. The van der Waals surface area contributed by atoms with Gasteiger partial charge in [0.15, 0.2) is 0 Å². The van der Waals surface area contributed by atoms with Crippen LogP contribution in [0.4, 0.5) is 5.13 Å². The number of fused-ring (bicyclic) bond motifs is 1. The molecule has 0 amide bonds. The summed E-state index contributed by atoms with van der Waals surface area (Å²) in [5.74, 6) is 0. The van der Waals surface area contributed by atoms with Gasteiger partial charge < -0.3 is 0 Å². The van der Waals surface area contributed by atoms with E-state index in [9.17, 15) is 0 Å². The minimum Gasteiger partial charge on any atom is -0.231 e. The molecule has 1 aromatic heterocycles. The highest BCUT2D eigenvalue weighted by Crippen LogP contribution is 2.39. The Bertz CT molecular complexity index is 1310. The number of aryl methyl sites for hydroxylation is 2. The van der Waals surface area contributed by atoms with Crippen LogP contribution in [-0.4, -0.2) is 10.7 Å². The van der Waals surface area contributed by atoms with Gasteiger partial charge in [-0.05, 0) is 66.1 Å². The molecular formula is C28H24ClN3S. The third-order valence-corrected chi connectivity index (χ3v) is 7.69. The number of benzene rings is 3. The second kappa shape index (κ2) is 8.77. The Labute approximate surface area is 203 Å². The Morgan fingerprint density at radius 1 is 0.848 bits per heavy atom. The van der Waals surface area contributed by atoms with Crippen molar-refractivity contribution in [3.63, 3.8) is 0 Å². The molecule has 1 unspecified atom stereocenters. The van der Waals surface area contributed by atoms with E-state index < -0.39 is 0 Å². The van der Waals surface area contributed by atoms with E-state index in [1.807, 2.05) is 24.3 Å². The standard InChI is InChI=1S/C28H24ClN3S/c29-24-14-12-20(13-15-24)26-18-33-28(30-26)32-27(21-7-2-1-3-8-21)17-25(31-32)23-11-10-19-6-4-5-9-22(19)16-23/h1-3,7-8,10-16,18,27H,4-6,9,17H2. The van der Waals surface area contributed by atoms with Crippen LogP contribution in [0.5, 0.6) is 0 Å². The zero-order valence-electron chi connectivity index (χ0n) is 18.2. The van der Waals surface area contributed by atoms with Crippen LogP contribution < -0.4 is 5.01 Å². The summed E-state index contributed by atoms with van der Waals surface area (Å²) in [5.41, 5.74) is 8.67. The minimum atomic E-state index is 0.140. The number of aromatic nitrogens is 1. The molecule has 0 saturated heterocycles. The van der Waals surface area contributed by atoms with Crippen molar-refractivity contribution >= 4 is 33.8 Å². The van der Waals surface area contributed by atoms with Crippen LogP contribution in [0.25, 0.3) is 11.3 Å². The molecular weight excluding hydrogens is 446 g/mol. The third-order valence-electron chi connectivity index (χ3n) is 6.60. The molecule has 164 valence electrons. The van der Waals surface area contributed by atoms with Crippen LogP contribution in [0.3, 0.4) is 0 Å². The first-order chi connectivity index (χ1) is 16.2. The van der Waals surface area contributed by atoms with Gasteiger partial charge in [-0.25, -0.2) is 9.99 Å². The fraction of sp³-hybridized carbons (Fsp3) is 0.214. The number of hydrogen-bond acceptors (Lipinski definition) is 4. The summed E-state index contributed by atoms with van der Waals surface area (Å²) in [4.78, 5) is 4.96. The van der Waals surface area contributed by atoms with Gasteiger partial charge in [-0.15, -0.1) is 11.3 Å². The van der Waals surface area contributed by atoms with E-state index in [-0.39, 0.29) is 6.04 Å².